The van der Waals surface area contributed by atoms with E-state index in [0.29, 0.717) is 6.42 Å². The molecule has 1 atom stereocenters. The molecule has 3 rings (SSSR count). The summed E-state index contributed by atoms with van der Waals surface area (Å²) in [4.78, 5) is 23.6. The first kappa shape index (κ1) is 14.5. The zero-order valence-electron chi connectivity index (χ0n) is 12.5. The maximum absolute atomic E-state index is 12.7. The Labute approximate surface area is 129 Å². The summed E-state index contributed by atoms with van der Waals surface area (Å²) in [6.07, 6.45) is 0.556. The van der Waals surface area contributed by atoms with Crippen LogP contribution in [0.2, 0.25) is 0 Å². The normalized spacial score (nSPS) is 26.6. The Morgan fingerprint density at radius 1 is 1.43 bits per heavy atom. The van der Waals surface area contributed by atoms with Gasteiger partial charge in [-0.25, -0.2) is 0 Å². The van der Waals surface area contributed by atoms with Crippen LogP contribution in [0.25, 0.3) is 0 Å². The van der Waals surface area contributed by atoms with Gasteiger partial charge in [0, 0.05) is 32.6 Å². The van der Waals surface area contributed by atoms with E-state index in [1.165, 1.54) is 0 Å². The van der Waals surface area contributed by atoms with Crippen molar-refractivity contribution in [1.82, 2.24) is 9.80 Å². The highest BCUT2D eigenvalue weighted by Gasteiger charge is 2.45. The average Bonchev–Trinajstić information content (AvgIpc) is 3.16. The van der Waals surface area contributed by atoms with E-state index in [4.69, 9.17) is 4.84 Å². The van der Waals surface area contributed by atoms with Crippen molar-refractivity contribution in [2.24, 2.45) is 5.16 Å². The molecule has 1 aromatic rings. The highest BCUT2D eigenvalue weighted by Crippen LogP contribution is 2.30. The van der Waals surface area contributed by atoms with Gasteiger partial charge in [0.25, 0.3) is 5.91 Å². The van der Waals surface area contributed by atoms with Crippen molar-refractivity contribution >= 4 is 23.0 Å². The fourth-order valence-electron chi connectivity index (χ4n) is 2.83. The predicted molar refractivity (Wildman–Crippen MR) is 83.7 cm³/mol. The van der Waals surface area contributed by atoms with Crippen LogP contribution in [0.3, 0.4) is 0 Å². The molecule has 3 heterocycles. The number of hydrogen-bond donors (Lipinski definition) is 0. The molecule has 2 aliphatic heterocycles. The lowest BCUT2D eigenvalue weighted by molar-refractivity contribution is -0.155. The van der Waals surface area contributed by atoms with Crippen LogP contribution >= 0.6 is 11.3 Å². The van der Waals surface area contributed by atoms with E-state index in [1.54, 1.807) is 11.3 Å². The summed E-state index contributed by atoms with van der Waals surface area (Å²) >= 11 is 1.63. The van der Waals surface area contributed by atoms with E-state index < -0.39 is 5.60 Å². The first-order chi connectivity index (χ1) is 10.1. The maximum Gasteiger partial charge on any atom is 0.269 e. The second kappa shape index (κ2) is 5.77. The van der Waals surface area contributed by atoms with Gasteiger partial charge >= 0.3 is 0 Å². The number of amides is 1. The number of carbonyl (C=O) groups excluding carboxylic acids is 1. The van der Waals surface area contributed by atoms with E-state index in [1.807, 2.05) is 29.3 Å². The zero-order valence-corrected chi connectivity index (χ0v) is 13.4. The van der Waals surface area contributed by atoms with Crippen molar-refractivity contribution in [3.8, 4) is 0 Å². The molecular weight excluding hydrogens is 286 g/mol. The minimum Gasteiger partial charge on any atom is -0.379 e. The molecule has 1 saturated heterocycles. The summed E-state index contributed by atoms with van der Waals surface area (Å²) < 4.78 is 0. The number of hydrogen-bond acceptors (Lipinski definition) is 5. The molecule has 0 saturated carbocycles. The second-order valence-electron chi connectivity index (χ2n) is 5.74. The Bertz CT molecular complexity index is 535. The molecule has 0 N–H and O–H groups in total. The minimum absolute atomic E-state index is 0.0635. The van der Waals surface area contributed by atoms with Gasteiger partial charge in [0.15, 0.2) is 0 Å². The van der Waals surface area contributed by atoms with Gasteiger partial charge in [-0.3, -0.25) is 4.79 Å². The molecule has 0 unspecified atom stereocenters. The van der Waals surface area contributed by atoms with Gasteiger partial charge in [-0.2, -0.15) is 0 Å². The summed E-state index contributed by atoms with van der Waals surface area (Å²) in [5.41, 5.74) is 0.0429. The first-order valence-corrected chi connectivity index (χ1v) is 8.31. The van der Waals surface area contributed by atoms with Crippen LogP contribution in [0.15, 0.2) is 22.7 Å². The molecule has 0 bridgehead atoms. The van der Waals surface area contributed by atoms with Crippen LogP contribution in [0, 0.1) is 0 Å². The summed E-state index contributed by atoms with van der Waals surface area (Å²) in [6, 6.07) is 4.01. The summed E-state index contributed by atoms with van der Waals surface area (Å²) in [6.45, 7) is 8.49. The third-order valence-electron chi connectivity index (χ3n) is 4.23. The lowest BCUT2D eigenvalue weighted by atomic mass is 9.97. The molecule has 114 valence electrons. The third kappa shape index (κ3) is 2.82. The van der Waals surface area contributed by atoms with Crippen LogP contribution < -0.4 is 0 Å². The van der Waals surface area contributed by atoms with Crippen molar-refractivity contribution in [3.05, 3.63) is 22.4 Å². The van der Waals surface area contributed by atoms with E-state index >= 15 is 0 Å². The van der Waals surface area contributed by atoms with Gasteiger partial charge in [0.1, 0.15) is 5.71 Å². The quantitative estimate of drug-likeness (QED) is 0.855. The van der Waals surface area contributed by atoms with Gasteiger partial charge in [-0.1, -0.05) is 18.1 Å². The standard InChI is InChI=1S/C15H21N3O2S/c1-3-17-6-8-18(9-7-17)14(19)15(2)11-12(16-20-15)13-5-4-10-21-13/h4-5,10H,3,6-9,11H2,1-2H3/t15-/m0/s1. The Morgan fingerprint density at radius 3 is 2.81 bits per heavy atom. The van der Waals surface area contributed by atoms with Crippen molar-refractivity contribution < 1.29 is 9.63 Å². The maximum atomic E-state index is 12.7. The Kier molecular flexibility index (Phi) is 3.99. The van der Waals surface area contributed by atoms with Crippen LogP contribution in [0.5, 0.6) is 0 Å². The molecule has 2 aliphatic rings. The van der Waals surface area contributed by atoms with Crippen molar-refractivity contribution in [2.75, 3.05) is 32.7 Å². The molecule has 1 aromatic heterocycles. The largest absolute Gasteiger partial charge is 0.379 e. The first-order valence-electron chi connectivity index (χ1n) is 7.43. The fourth-order valence-corrected chi connectivity index (χ4v) is 3.54. The minimum atomic E-state index is -0.840. The summed E-state index contributed by atoms with van der Waals surface area (Å²) in [5, 5.41) is 6.16. The third-order valence-corrected chi connectivity index (χ3v) is 5.15. The number of nitrogens with zero attached hydrogens (tertiary/aromatic N) is 3. The molecule has 0 aromatic carbocycles. The molecule has 0 radical (unpaired) electrons. The molecule has 0 aliphatic carbocycles. The molecular formula is C15H21N3O2S. The zero-order chi connectivity index (χ0) is 14.9. The SMILES string of the molecule is CCN1CCN(C(=O)[C@]2(C)CC(c3cccs3)=NO2)CC1. The predicted octanol–water partition coefficient (Wildman–Crippen LogP) is 1.80. The van der Waals surface area contributed by atoms with Crippen molar-refractivity contribution in [2.45, 2.75) is 25.9 Å². The molecule has 1 fully saturated rings. The summed E-state index contributed by atoms with van der Waals surface area (Å²) in [5.74, 6) is 0.0635. The van der Waals surface area contributed by atoms with Crippen LogP contribution in [-0.4, -0.2) is 59.7 Å². The number of likely N-dealkylation sites (N-methyl/N-ethyl adjacent to an activating group) is 1. The summed E-state index contributed by atoms with van der Waals surface area (Å²) in [7, 11) is 0. The van der Waals surface area contributed by atoms with Gasteiger partial charge in [0.2, 0.25) is 5.60 Å². The Hall–Kier alpha value is -1.40. The molecule has 0 spiro atoms. The van der Waals surface area contributed by atoms with Gasteiger partial charge in [-0.15, -0.1) is 11.3 Å². The number of oxime groups is 1. The lowest BCUT2D eigenvalue weighted by Crippen LogP contribution is -2.54. The molecule has 21 heavy (non-hydrogen) atoms. The highest BCUT2D eigenvalue weighted by molar-refractivity contribution is 7.12. The van der Waals surface area contributed by atoms with Gasteiger partial charge in [-0.05, 0) is 24.9 Å². The number of thiophene rings is 1. The van der Waals surface area contributed by atoms with Crippen LogP contribution in [-0.2, 0) is 9.63 Å². The average molecular weight is 307 g/mol. The molecule has 1 amide bonds. The van der Waals surface area contributed by atoms with Crippen LogP contribution in [0.1, 0.15) is 25.1 Å². The second-order valence-corrected chi connectivity index (χ2v) is 6.69. The number of carbonyl (C=O) groups is 1. The van der Waals surface area contributed by atoms with E-state index in [9.17, 15) is 4.79 Å². The van der Waals surface area contributed by atoms with E-state index in [2.05, 4.69) is 17.0 Å². The lowest BCUT2D eigenvalue weighted by Gasteiger charge is -2.37. The molecule has 6 heteroatoms. The highest BCUT2D eigenvalue weighted by atomic mass is 32.1. The molecule has 5 nitrogen and oxygen atoms in total. The Morgan fingerprint density at radius 2 is 2.19 bits per heavy atom. The monoisotopic (exact) mass is 307 g/mol. The van der Waals surface area contributed by atoms with Gasteiger partial charge < -0.3 is 14.6 Å². The van der Waals surface area contributed by atoms with Gasteiger partial charge in [0.05, 0.1) is 4.88 Å². The Balaban J connectivity index is 1.63. The van der Waals surface area contributed by atoms with Crippen molar-refractivity contribution in [3.63, 3.8) is 0 Å². The van der Waals surface area contributed by atoms with E-state index in [0.717, 1.165) is 43.3 Å². The number of rotatable bonds is 3. The topological polar surface area (TPSA) is 45.1 Å². The number of piperazine rings is 1. The van der Waals surface area contributed by atoms with Crippen LogP contribution in [0.4, 0.5) is 0 Å². The smallest absolute Gasteiger partial charge is 0.269 e. The van der Waals surface area contributed by atoms with Crippen molar-refractivity contribution in [1.29, 1.82) is 0 Å². The fraction of sp³-hybridized carbons (Fsp3) is 0.600. The van der Waals surface area contributed by atoms with E-state index in [-0.39, 0.29) is 5.91 Å².